The smallest absolute Gasteiger partial charge is 0.227 e. The van der Waals surface area contributed by atoms with Crippen LogP contribution in [-0.2, 0) is 14.6 Å². The van der Waals surface area contributed by atoms with Crippen LogP contribution in [0.1, 0.15) is 30.2 Å². The maximum absolute atomic E-state index is 12.5. The molecule has 0 N–H and O–H groups in total. The van der Waals surface area contributed by atoms with Crippen molar-refractivity contribution in [2.75, 3.05) is 18.1 Å². The number of sulfone groups is 1. The maximum Gasteiger partial charge on any atom is 0.227 e. The second kappa shape index (κ2) is 4.90. The van der Waals surface area contributed by atoms with Crippen LogP contribution in [0.15, 0.2) is 17.5 Å². The van der Waals surface area contributed by atoms with Gasteiger partial charge in [0.25, 0.3) is 0 Å². The van der Waals surface area contributed by atoms with Gasteiger partial charge in [-0.3, -0.25) is 4.79 Å². The van der Waals surface area contributed by atoms with Gasteiger partial charge in [0.2, 0.25) is 5.91 Å². The van der Waals surface area contributed by atoms with Gasteiger partial charge in [0, 0.05) is 11.4 Å². The monoisotopic (exact) mass is 299 g/mol. The molecule has 104 valence electrons. The number of likely N-dealkylation sites (tertiary alicyclic amines) is 1. The Labute approximate surface area is 117 Å². The summed E-state index contributed by atoms with van der Waals surface area (Å²) in [6.07, 6.45) is 2.49. The van der Waals surface area contributed by atoms with Gasteiger partial charge in [-0.1, -0.05) is 6.07 Å². The Hall–Kier alpha value is -0.880. The van der Waals surface area contributed by atoms with Crippen LogP contribution in [0.3, 0.4) is 0 Å². The average molecular weight is 299 g/mol. The first-order valence-electron chi connectivity index (χ1n) is 6.61. The van der Waals surface area contributed by atoms with E-state index in [-0.39, 0.29) is 29.4 Å². The molecule has 3 rings (SSSR count). The van der Waals surface area contributed by atoms with Crippen LogP contribution >= 0.6 is 11.3 Å². The zero-order valence-corrected chi connectivity index (χ0v) is 12.3. The summed E-state index contributed by atoms with van der Waals surface area (Å²) in [7, 11) is -2.99. The van der Waals surface area contributed by atoms with Gasteiger partial charge in [-0.05, 0) is 30.7 Å². The summed E-state index contributed by atoms with van der Waals surface area (Å²) in [5.74, 6) is -0.0667. The van der Waals surface area contributed by atoms with Gasteiger partial charge >= 0.3 is 0 Å². The summed E-state index contributed by atoms with van der Waals surface area (Å²) in [5, 5.41) is 2.02. The lowest BCUT2D eigenvalue weighted by molar-refractivity contribution is -0.135. The molecular formula is C13H17NO3S2. The highest BCUT2D eigenvalue weighted by atomic mass is 32.2. The Bertz CT molecular complexity index is 565. The molecule has 3 heterocycles. The zero-order chi connectivity index (χ0) is 13.5. The van der Waals surface area contributed by atoms with Gasteiger partial charge in [-0.25, -0.2) is 8.42 Å². The van der Waals surface area contributed by atoms with E-state index in [2.05, 4.69) is 6.07 Å². The molecule has 0 unspecified atom stereocenters. The molecule has 1 aromatic heterocycles. The number of hydrogen-bond acceptors (Lipinski definition) is 4. The van der Waals surface area contributed by atoms with E-state index >= 15 is 0 Å². The summed E-state index contributed by atoms with van der Waals surface area (Å²) < 4.78 is 23.0. The third kappa shape index (κ3) is 2.56. The highest BCUT2D eigenvalue weighted by Gasteiger charge is 2.39. The molecule has 1 aromatic rings. The first kappa shape index (κ1) is 13.1. The van der Waals surface area contributed by atoms with Gasteiger partial charge < -0.3 is 4.90 Å². The average Bonchev–Trinajstić information content (AvgIpc) is 3.06. The van der Waals surface area contributed by atoms with Gasteiger partial charge in [0.05, 0.1) is 23.5 Å². The highest BCUT2D eigenvalue weighted by Crippen LogP contribution is 2.36. The van der Waals surface area contributed by atoms with E-state index in [4.69, 9.17) is 0 Å². The lowest BCUT2D eigenvalue weighted by Crippen LogP contribution is -2.36. The topological polar surface area (TPSA) is 54.5 Å². The highest BCUT2D eigenvalue weighted by molar-refractivity contribution is 7.91. The summed E-state index contributed by atoms with van der Waals surface area (Å²) in [6, 6.07) is 4.23. The lowest BCUT2D eigenvalue weighted by Gasteiger charge is -2.26. The molecule has 2 atom stereocenters. The van der Waals surface area contributed by atoms with Crippen LogP contribution in [0.25, 0.3) is 0 Å². The molecule has 19 heavy (non-hydrogen) atoms. The van der Waals surface area contributed by atoms with Crippen LogP contribution in [0.4, 0.5) is 0 Å². The SMILES string of the molecule is O=C([C@@H]1CCS(=O)(=O)C1)N1CCC[C@@H]1c1cccs1. The molecule has 2 saturated heterocycles. The fourth-order valence-electron chi connectivity index (χ4n) is 3.03. The Morgan fingerprint density at radius 3 is 2.84 bits per heavy atom. The minimum atomic E-state index is -2.99. The summed E-state index contributed by atoms with van der Waals surface area (Å²) >= 11 is 1.67. The molecule has 0 aliphatic carbocycles. The normalized spacial score (nSPS) is 29.8. The number of carbonyl (C=O) groups excluding carboxylic acids is 1. The fraction of sp³-hybridized carbons (Fsp3) is 0.615. The number of rotatable bonds is 2. The molecule has 0 radical (unpaired) electrons. The van der Waals surface area contributed by atoms with Crippen molar-refractivity contribution < 1.29 is 13.2 Å². The molecule has 0 aromatic carbocycles. The second-order valence-electron chi connectivity index (χ2n) is 5.31. The fourth-order valence-corrected chi connectivity index (χ4v) is 5.64. The van der Waals surface area contributed by atoms with Crippen molar-refractivity contribution in [3.8, 4) is 0 Å². The van der Waals surface area contributed by atoms with E-state index in [0.717, 1.165) is 19.4 Å². The Morgan fingerprint density at radius 2 is 2.21 bits per heavy atom. The van der Waals surface area contributed by atoms with Crippen molar-refractivity contribution in [1.29, 1.82) is 0 Å². The van der Waals surface area contributed by atoms with Crippen molar-refractivity contribution in [1.82, 2.24) is 4.90 Å². The van der Waals surface area contributed by atoms with Crippen molar-refractivity contribution in [3.63, 3.8) is 0 Å². The van der Waals surface area contributed by atoms with Gasteiger partial charge in [0.15, 0.2) is 9.84 Å². The van der Waals surface area contributed by atoms with Crippen LogP contribution < -0.4 is 0 Å². The van der Waals surface area contributed by atoms with E-state index in [1.54, 1.807) is 11.3 Å². The van der Waals surface area contributed by atoms with Crippen molar-refractivity contribution in [3.05, 3.63) is 22.4 Å². The Balaban J connectivity index is 1.76. The van der Waals surface area contributed by atoms with Crippen LogP contribution in [-0.4, -0.2) is 37.3 Å². The molecule has 1 amide bonds. The molecule has 6 heteroatoms. The van der Waals surface area contributed by atoms with Gasteiger partial charge in [-0.2, -0.15) is 0 Å². The minimum absolute atomic E-state index is 0.0389. The molecule has 2 fully saturated rings. The van der Waals surface area contributed by atoms with Crippen LogP contribution in [0, 0.1) is 5.92 Å². The number of carbonyl (C=O) groups is 1. The third-order valence-corrected chi connectivity index (χ3v) is 6.73. The van der Waals surface area contributed by atoms with Crippen molar-refractivity contribution in [2.24, 2.45) is 5.92 Å². The third-order valence-electron chi connectivity index (χ3n) is 3.99. The number of thiophene rings is 1. The maximum atomic E-state index is 12.5. The Kier molecular flexibility index (Phi) is 3.39. The number of amides is 1. The quantitative estimate of drug-likeness (QED) is 0.837. The van der Waals surface area contributed by atoms with Gasteiger partial charge in [0.1, 0.15) is 0 Å². The standard InChI is InChI=1S/C13H17NO3S2/c15-13(10-5-8-19(16,17)9-10)14-6-1-3-11(14)12-4-2-7-18-12/h2,4,7,10-11H,1,3,5-6,8-9H2/t10-,11-/m1/s1. The minimum Gasteiger partial charge on any atom is -0.335 e. The van der Waals surface area contributed by atoms with Gasteiger partial charge in [-0.15, -0.1) is 11.3 Å². The van der Waals surface area contributed by atoms with E-state index in [0.29, 0.717) is 6.42 Å². The summed E-state index contributed by atoms with van der Waals surface area (Å²) in [4.78, 5) is 15.6. The number of nitrogens with zero attached hydrogens (tertiary/aromatic N) is 1. The summed E-state index contributed by atoms with van der Waals surface area (Å²) in [5.41, 5.74) is 0. The van der Waals surface area contributed by atoms with E-state index < -0.39 is 9.84 Å². The van der Waals surface area contributed by atoms with Crippen molar-refractivity contribution in [2.45, 2.75) is 25.3 Å². The largest absolute Gasteiger partial charge is 0.335 e. The van der Waals surface area contributed by atoms with E-state index in [1.807, 2.05) is 16.3 Å². The predicted octanol–water partition coefficient (Wildman–Crippen LogP) is 1.85. The lowest BCUT2D eigenvalue weighted by atomic mass is 10.1. The molecule has 0 bridgehead atoms. The zero-order valence-electron chi connectivity index (χ0n) is 10.6. The first-order valence-corrected chi connectivity index (χ1v) is 9.31. The molecule has 0 saturated carbocycles. The predicted molar refractivity (Wildman–Crippen MR) is 74.8 cm³/mol. The number of hydrogen-bond donors (Lipinski definition) is 0. The molecular weight excluding hydrogens is 282 g/mol. The summed E-state index contributed by atoms with van der Waals surface area (Å²) in [6.45, 7) is 0.762. The Morgan fingerprint density at radius 1 is 1.37 bits per heavy atom. The van der Waals surface area contributed by atoms with Crippen LogP contribution in [0.5, 0.6) is 0 Å². The van der Waals surface area contributed by atoms with E-state index in [9.17, 15) is 13.2 Å². The molecule has 2 aliphatic heterocycles. The van der Waals surface area contributed by atoms with Crippen molar-refractivity contribution >= 4 is 27.1 Å². The molecule has 2 aliphatic rings. The van der Waals surface area contributed by atoms with Crippen LogP contribution in [0.2, 0.25) is 0 Å². The second-order valence-corrected chi connectivity index (χ2v) is 8.51. The first-order chi connectivity index (χ1) is 9.07. The molecule has 0 spiro atoms. The van der Waals surface area contributed by atoms with E-state index in [1.165, 1.54) is 4.88 Å². The molecule has 4 nitrogen and oxygen atoms in total.